The monoisotopic (exact) mass is 275 g/mol. The van der Waals surface area contributed by atoms with Crippen LogP contribution in [0.2, 0.25) is 0 Å². The smallest absolute Gasteiger partial charge is 0.103 e. The summed E-state index contributed by atoms with van der Waals surface area (Å²) in [4.78, 5) is 0. The van der Waals surface area contributed by atoms with Crippen molar-refractivity contribution in [3.8, 4) is 0 Å². The first-order valence-electron chi connectivity index (χ1n) is 7.48. The van der Waals surface area contributed by atoms with Gasteiger partial charge in [-0.3, -0.25) is 4.68 Å². The summed E-state index contributed by atoms with van der Waals surface area (Å²) >= 11 is 0. The Kier molecular flexibility index (Phi) is 5.41. The predicted molar refractivity (Wildman–Crippen MR) is 80.8 cm³/mol. The van der Waals surface area contributed by atoms with Crippen LogP contribution in [-0.4, -0.2) is 22.4 Å². The molecule has 110 valence electrons. The van der Waals surface area contributed by atoms with Crippen molar-refractivity contribution < 1.29 is 4.42 Å². The number of furan rings is 1. The van der Waals surface area contributed by atoms with Crippen molar-refractivity contribution in [3.05, 3.63) is 42.1 Å². The Morgan fingerprint density at radius 1 is 1.35 bits per heavy atom. The van der Waals surface area contributed by atoms with E-state index in [0.29, 0.717) is 12.1 Å². The second-order valence-corrected chi connectivity index (χ2v) is 5.46. The summed E-state index contributed by atoms with van der Waals surface area (Å²) in [5.74, 6) is 1.06. The van der Waals surface area contributed by atoms with Crippen molar-refractivity contribution in [2.45, 2.75) is 52.1 Å². The maximum absolute atomic E-state index is 5.40. The van der Waals surface area contributed by atoms with Crippen LogP contribution in [0.1, 0.15) is 44.7 Å². The summed E-state index contributed by atoms with van der Waals surface area (Å²) in [6, 6.07) is 6.97. The van der Waals surface area contributed by atoms with Crippen molar-refractivity contribution in [2.75, 3.05) is 6.54 Å². The topological polar surface area (TPSA) is 43.0 Å². The molecule has 0 spiro atoms. The molecule has 1 atom stereocenters. The van der Waals surface area contributed by atoms with Gasteiger partial charge < -0.3 is 9.73 Å². The van der Waals surface area contributed by atoms with Gasteiger partial charge in [0.2, 0.25) is 0 Å². The van der Waals surface area contributed by atoms with E-state index in [1.165, 1.54) is 0 Å². The molecule has 4 nitrogen and oxygen atoms in total. The zero-order chi connectivity index (χ0) is 14.4. The van der Waals surface area contributed by atoms with Crippen LogP contribution in [0.15, 0.2) is 35.1 Å². The Morgan fingerprint density at radius 3 is 2.80 bits per heavy atom. The van der Waals surface area contributed by atoms with Gasteiger partial charge in [-0.1, -0.05) is 6.92 Å². The van der Waals surface area contributed by atoms with Gasteiger partial charge in [0.25, 0.3) is 0 Å². The van der Waals surface area contributed by atoms with E-state index < -0.39 is 0 Å². The molecule has 0 aliphatic heterocycles. The number of hydrogen-bond acceptors (Lipinski definition) is 3. The lowest BCUT2D eigenvalue weighted by molar-refractivity contribution is 0.442. The lowest BCUT2D eigenvalue weighted by Crippen LogP contribution is -2.31. The second-order valence-electron chi connectivity index (χ2n) is 5.46. The lowest BCUT2D eigenvalue weighted by atomic mass is 10.0. The standard InChI is InChI=1S/C16H25N3O/c1-4-17-14(7-8-16-6-5-11-20-16)12-15-9-10-19(18-15)13(2)3/h5-6,9-11,13-14,17H,4,7-8,12H2,1-3H3. The summed E-state index contributed by atoms with van der Waals surface area (Å²) in [7, 11) is 0. The van der Waals surface area contributed by atoms with Gasteiger partial charge in [0.1, 0.15) is 5.76 Å². The summed E-state index contributed by atoms with van der Waals surface area (Å²) in [5, 5.41) is 8.17. The summed E-state index contributed by atoms with van der Waals surface area (Å²) < 4.78 is 7.42. The van der Waals surface area contributed by atoms with Crippen LogP contribution in [0.5, 0.6) is 0 Å². The molecule has 0 fully saturated rings. The number of aromatic nitrogens is 2. The van der Waals surface area contributed by atoms with Crippen LogP contribution in [0.25, 0.3) is 0 Å². The zero-order valence-corrected chi connectivity index (χ0v) is 12.7. The van der Waals surface area contributed by atoms with Gasteiger partial charge in [-0.25, -0.2) is 0 Å². The van der Waals surface area contributed by atoms with Gasteiger partial charge in [-0.2, -0.15) is 5.10 Å². The van der Waals surface area contributed by atoms with E-state index in [-0.39, 0.29) is 0 Å². The molecule has 0 bridgehead atoms. The Bertz CT molecular complexity index is 488. The molecular formula is C16H25N3O. The van der Waals surface area contributed by atoms with Gasteiger partial charge >= 0.3 is 0 Å². The fourth-order valence-electron chi connectivity index (χ4n) is 2.36. The number of nitrogens with zero attached hydrogens (tertiary/aromatic N) is 2. The number of likely N-dealkylation sites (N-methyl/N-ethyl adjacent to an activating group) is 1. The summed E-state index contributed by atoms with van der Waals surface area (Å²) in [5.41, 5.74) is 1.16. The minimum absolute atomic E-state index is 0.421. The zero-order valence-electron chi connectivity index (χ0n) is 12.7. The maximum Gasteiger partial charge on any atom is 0.103 e. The molecule has 2 aromatic rings. The highest BCUT2D eigenvalue weighted by atomic mass is 16.3. The summed E-state index contributed by atoms with van der Waals surface area (Å²) in [6.07, 6.45) is 6.80. The highest BCUT2D eigenvalue weighted by Gasteiger charge is 2.12. The molecule has 2 aromatic heterocycles. The third-order valence-corrected chi connectivity index (χ3v) is 3.46. The Hall–Kier alpha value is -1.55. The average molecular weight is 275 g/mol. The van der Waals surface area contributed by atoms with Gasteiger partial charge in [-0.05, 0) is 45.0 Å². The second kappa shape index (κ2) is 7.29. The first kappa shape index (κ1) is 14.9. The molecule has 1 N–H and O–H groups in total. The van der Waals surface area contributed by atoms with Gasteiger partial charge in [0.05, 0.1) is 12.0 Å². The number of nitrogens with one attached hydrogen (secondary N) is 1. The maximum atomic E-state index is 5.40. The van der Waals surface area contributed by atoms with Crippen molar-refractivity contribution in [2.24, 2.45) is 0 Å². The first-order valence-corrected chi connectivity index (χ1v) is 7.48. The van der Waals surface area contributed by atoms with Crippen LogP contribution in [0.4, 0.5) is 0 Å². The third kappa shape index (κ3) is 4.23. The number of hydrogen-bond donors (Lipinski definition) is 1. The highest BCUT2D eigenvalue weighted by molar-refractivity contribution is 5.03. The molecule has 4 heteroatoms. The predicted octanol–water partition coefficient (Wildman–Crippen LogP) is 3.21. The van der Waals surface area contributed by atoms with E-state index in [1.54, 1.807) is 6.26 Å². The van der Waals surface area contributed by atoms with E-state index in [4.69, 9.17) is 4.42 Å². The van der Waals surface area contributed by atoms with Gasteiger partial charge in [0.15, 0.2) is 0 Å². The molecule has 0 aliphatic rings. The molecular weight excluding hydrogens is 250 g/mol. The van der Waals surface area contributed by atoms with Crippen LogP contribution in [0, 0.1) is 0 Å². The molecule has 0 saturated carbocycles. The SMILES string of the molecule is CCNC(CCc1ccco1)Cc1ccn(C(C)C)n1. The van der Waals surface area contributed by atoms with E-state index in [0.717, 1.165) is 37.3 Å². The Balaban J connectivity index is 1.90. The third-order valence-electron chi connectivity index (χ3n) is 3.46. The van der Waals surface area contributed by atoms with Crippen molar-refractivity contribution in [3.63, 3.8) is 0 Å². The normalized spacial score (nSPS) is 13.0. The largest absolute Gasteiger partial charge is 0.469 e. The minimum atomic E-state index is 0.421. The van der Waals surface area contributed by atoms with Crippen LogP contribution in [0.3, 0.4) is 0 Å². The molecule has 20 heavy (non-hydrogen) atoms. The average Bonchev–Trinajstić information content (AvgIpc) is 3.07. The van der Waals surface area contributed by atoms with Gasteiger partial charge in [-0.15, -0.1) is 0 Å². The molecule has 0 radical (unpaired) electrons. The number of rotatable bonds is 8. The fraction of sp³-hybridized carbons (Fsp3) is 0.562. The quantitative estimate of drug-likeness (QED) is 0.804. The highest BCUT2D eigenvalue weighted by Crippen LogP contribution is 2.11. The molecule has 1 unspecified atom stereocenters. The lowest BCUT2D eigenvalue weighted by Gasteiger charge is -2.16. The van der Waals surface area contributed by atoms with Crippen LogP contribution < -0.4 is 5.32 Å². The van der Waals surface area contributed by atoms with E-state index in [1.807, 2.05) is 16.8 Å². The first-order chi connectivity index (χ1) is 9.69. The van der Waals surface area contributed by atoms with Crippen LogP contribution in [-0.2, 0) is 12.8 Å². The number of aryl methyl sites for hydroxylation is 1. The minimum Gasteiger partial charge on any atom is -0.469 e. The van der Waals surface area contributed by atoms with E-state index >= 15 is 0 Å². The molecule has 2 rings (SSSR count). The fourth-order valence-corrected chi connectivity index (χ4v) is 2.36. The van der Waals surface area contributed by atoms with Crippen molar-refractivity contribution >= 4 is 0 Å². The van der Waals surface area contributed by atoms with Crippen molar-refractivity contribution in [1.82, 2.24) is 15.1 Å². The molecule has 0 saturated heterocycles. The van der Waals surface area contributed by atoms with E-state index in [2.05, 4.69) is 43.4 Å². The Morgan fingerprint density at radius 2 is 2.20 bits per heavy atom. The molecule has 0 amide bonds. The molecule has 0 aliphatic carbocycles. The van der Waals surface area contributed by atoms with E-state index in [9.17, 15) is 0 Å². The summed E-state index contributed by atoms with van der Waals surface area (Å²) in [6.45, 7) is 7.42. The molecule has 0 aromatic carbocycles. The van der Waals surface area contributed by atoms with Gasteiger partial charge in [0, 0.05) is 31.1 Å². The Labute approximate surface area is 121 Å². The van der Waals surface area contributed by atoms with Crippen LogP contribution >= 0.6 is 0 Å². The molecule has 2 heterocycles. The van der Waals surface area contributed by atoms with Crippen molar-refractivity contribution in [1.29, 1.82) is 0 Å².